The fourth-order valence-electron chi connectivity index (χ4n) is 13.3. The Morgan fingerprint density at radius 3 is 0.780 bits per heavy atom. The molecular weight excluding hydrogens is 1540 g/mol. The summed E-state index contributed by atoms with van der Waals surface area (Å²) >= 11 is 0. The molecule has 3 saturated carbocycles. The van der Waals surface area contributed by atoms with Crippen LogP contribution in [-0.2, 0) is 95.0 Å². The Morgan fingerprint density at radius 2 is 0.500 bits per heavy atom. The smallest absolute Gasteiger partial charge is 0.460 e. The van der Waals surface area contributed by atoms with E-state index in [1.165, 1.54) is 0 Å². The van der Waals surface area contributed by atoms with E-state index in [-0.39, 0.29) is 108 Å². The van der Waals surface area contributed by atoms with E-state index in [1.54, 1.807) is 23.6 Å². The number of nitrogens with zero attached hydrogens (tertiary/aromatic N) is 2. The van der Waals surface area contributed by atoms with Gasteiger partial charge in [0.2, 0.25) is 11.8 Å². The molecule has 0 radical (unpaired) electrons. The van der Waals surface area contributed by atoms with E-state index >= 15 is 0 Å². The predicted molar refractivity (Wildman–Crippen MR) is 435 cm³/mol. The molecule has 0 aromatic carbocycles. The topological polar surface area (TPSA) is 383 Å². The van der Waals surface area contributed by atoms with E-state index in [4.69, 9.17) is 75.8 Å². The van der Waals surface area contributed by atoms with Gasteiger partial charge in [0.15, 0.2) is 0 Å². The van der Waals surface area contributed by atoms with Gasteiger partial charge in [-0.3, -0.25) is 9.59 Å². The molecule has 3 aliphatic carbocycles. The Hall–Kier alpha value is -8.48. The molecule has 3 fully saturated rings. The summed E-state index contributed by atoms with van der Waals surface area (Å²) in [6, 6.07) is 0. The second kappa shape index (κ2) is 62.6. The van der Waals surface area contributed by atoms with Gasteiger partial charge in [-0.1, -0.05) is 51.7 Å². The fourth-order valence-corrected chi connectivity index (χ4v) is 13.3. The summed E-state index contributed by atoms with van der Waals surface area (Å²) < 4.78 is 85.3. The zero-order valence-corrected chi connectivity index (χ0v) is 72.4. The quantitative estimate of drug-likeness (QED) is 0.0247. The third-order valence-electron chi connectivity index (χ3n) is 20.1. The Kier molecular flexibility index (Phi) is 55.1. The normalized spacial score (nSPS) is 17.1. The van der Waals surface area contributed by atoms with Gasteiger partial charge in [0.1, 0.15) is 49.8 Å². The Balaban J connectivity index is 1.01. The van der Waals surface area contributed by atoms with Gasteiger partial charge in [-0.15, -0.1) is 0 Å². The van der Waals surface area contributed by atoms with Crippen LogP contribution in [0.25, 0.3) is 0 Å². The Labute approximate surface area is 700 Å². The largest absolute Gasteiger partial charge is 0.508 e. The summed E-state index contributed by atoms with van der Waals surface area (Å²) in [7, 11) is 0. The first-order valence-electron chi connectivity index (χ1n) is 43.6. The van der Waals surface area contributed by atoms with Crippen LogP contribution < -0.4 is 10.6 Å². The first-order chi connectivity index (χ1) is 56.5. The molecule has 0 saturated heterocycles. The van der Waals surface area contributed by atoms with Crippen LogP contribution in [-0.4, -0.2) is 223 Å². The second-order valence-electron chi connectivity index (χ2n) is 32.6. The zero-order chi connectivity index (χ0) is 86.6. The van der Waals surface area contributed by atoms with Crippen molar-refractivity contribution >= 4 is 72.9 Å². The highest BCUT2D eigenvalue weighted by molar-refractivity contribution is 5.87. The van der Waals surface area contributed by atoms with Crippen LogP contribution in [0.1, 0.15) is 312 Å². The molecule has 0 aromatic heterocycles. The van der Waals surface area contributed by atoms with Crippen LogP contribution in [0.15, 0.2) is 24.3 Å². The second-order valence-corrected chi connectivity index (χ2v) is 32.6. The van der Waals surface area contributed by atoms with Crippen molar-refractivity contribution in [1.82, 2.24) is 20.4 Å². The number of ether oxygens (including phenoxy) is 16. The molecule has 676 valence electrons. The summed E-state index contributed by atoms with van der Waals surface area (Å²) in [5.41, 5.74) is -0.159. The van der Waals surface area contributed by atoms with Crippen LogP contribution in [0.5, 0.6) is 0 Å². The number of carbonyl (C=O) groups is 12. The molecule has 32 nitrogen and oxygen atoms in total. The van der Waals surface area contributed by atoms with E-state index < -0.39 is 72.1 Å². The van der Waals surface area contributed by atoms with Gasteiger partial charge in [-0.05, 0) is 261 Å². The highest BCUT2D eigenvalue weighted by Crippen LogP contribution is 2.30. The third kappa shape index (κ3) is 53.1. The Morgan fingerprint density at radius 1 is 0.271 bits per heavy atom. The number of hydrogen-bond acceptors (Lipinski definition) is 28. The van der Waals surface area contributed by atoms with Crippen molar-refractivity contribution in [3.05, 3.63) is 24.3 Å². The molecule has 0 aliphatic heterocycles. The van der Waals surface area contributed by atoms with Crippen molar-refractivity contribution in [2.45, 2.75) is 360 Å². The summed E-state index contributed by atoms with van der Waals surface area (Å²) in [6.45, 7) is 25.7. The zero-order valence-electron chi connectivity index (χ0n) is 72.4. The van der Waals surface area contributed by atoms with Crippen LogP contribution in [0.2, 0.25) is 0 Å². The molecule has 0 spiro atoms. The number of hydrogen-bond donors (Lipinski definition) is 2. The molecule has 0 aromatic rings. The summed E-state index contributed by atoms with van der Waals surface area (Å²) in [4.78, 5) is 151. The van der Waals surface area contributed by atoms with Crippen LogP contribution >= 0.6 is 0 Å². The van der Waals surface area contributed by atoms with Gasteiger partial charge in [-0.25, -0.2) is 47.9 Å². The standard InChI is InChI=1S/C86H144N4O28/c1-65(2)75(93)103-63-53-89(85(5,6)7)73(91)37-25-13-11-15-27-51-87-77(95)105-55-29-17-18-30-56-106-79(97)107-57-31-19-20-32-58-108-80(98)109-59-33-21-22-34-60-110-81(99)111-61-35-23-24-36-62-112-82(100)114-68-43-45-70(46-44-68)116-84(102)118-72-49-47-71(48-50-72)117-83(101)115-69-41-39-67(40-42-69)113-78(96)88-52-28-16-12-14-26-38-74(92)90(86(8,9)10)54-64-104-76(94)66(3)4/h67-72H,1,3,11-64H2,2,4-10H3,(H,87,95)(H,88,96). The van der Waals surface area contributed by atoms with Crippen molar-refractivity contribution in [2.24, 2.45) is 0 Å². The molecular formula is C86H144N4O28. The lowest BCUT2D eigenvalue weighted by molar-refractivity contribution is -0.144. The van der Waals surface area contributed by atoms with Gasteiger partial charge >= 0.3 is 61.1 Å². The van der Waals surface area contributed by atoms with Gasteiger partial charge in [0.25, 0.3) is 0 Å². The lowest BCUT2D eigenvalue weighted by Gasteiger charge is -2.35. The van der Waals surface area contributed by atoms with Crippen molar-refractivity contribution < 1.29 is 133 Å². The SMILES string of the molecule is C=C(C)C(=O)OCCN(C(=O)CCCCCCCNC(=O)OCCCCCCOC(=O)OCCCCCCOC(=O)OCCCCCCOC(=O)OCCCCCCOC(=O)OC1CCC(OC(=O)OC2CCC(OC(=O)OC3CCC(OC(=O)NCCCCCCCC(=O)N(CCOC(=O)C(=C)C)C(C)(C)C)CC3)CC2)CC1)C(C)(C)C. The number of nitrogens with one attached hydrogen (secondary N) is 2. The van der Waals surface area contributed by atoms with Gasteiger partial charge in [0, 0.05) is 48.2 Å². The number of alkyl carbamates (subject to hydrolysis) is 2. The summed E-state index contributed by atoms with van der Waals surface area (Å²) in [5, 5.41) is 5.59. The van der Waals surface area contributed by atoms with Gasteiger partial charge in [0.05, 0.1) is 65.9 Å². The van der Waals surface area contributed by atoms with Crippen LogP contribution in [0.3, 0.4) is 0 Å². The average Bonchev–Trinajstić information content (AvgIpc) is 0.869. The maximum atomic E-state index is 13.0. The van der Waals surface area contributed by atoms with Crippen molar-refractivity contribution in [2.75, 3.05) is 92.2 Å². The first kappa shape index (κ1) is 104. The molecule has 3 aliphatic rings. The molecule has 3 rings (SSSR count). The molecule has 0 heterocycles. The molecule has 32 heteroatoms. The molecule has 2 N–H and O–H groups in total. The van der Waals surface area contributed by atoms with Gasteiger partial charge in [-0.2, -0.15) is 0 Å². The number of amides is 4. The molecule has 0 unspecified atom stereocenters. The van der Waals surface area contributed by atoms with Gasteiger partial charge < -0.3 is 96.2 Å². The van der Waals surface area contributed by atoms with E-state index in [9.17, 15) is 57.5 Å². The molecule has 118 heavy (non-hydrogen) atoms. The molecule has 0 bridgehead atoms. The number of rotatable bonds is 58. The number of unbranched alkanes of at least 4 members (excludes halogenated alkanes) is 20. The number of carbonyl (C=O) groups excluding carboxylic acids is 12. The van der Waals surface area contributed by atoms with E-state index in [0.717, 1.165) is 116 Å². The number of esters is 2. The van der Waals surface area contributed by atoms with E-state index in [2.05, 4.69) is 23.8 Å². The molecule has 4 amide bonds. The van der Waals surface area contributed by atoms with Crippen LogP contribution in [0.4, 0.5) is 38.4 Å². The molecule has 0 atom stereocenters. The lowest BCUT2D eigenvalue weighted by Crippen LogP contribution is -2.47. The minimum Gasteiger partial charge on any atom is -0.460 e. The highest BCUT2D eigenvalue weighted by Gasteiger charge is 2.34. The van der Waals surface area contributed by atoms with E-state index in [0.29, 0.717) is 185 Å². The minimum atomic E-state index is -0.760. The maximum absolute atomic E-state index is 13.0. The lowest BCUT2D eigenvalue weighted by atomic mass is 9.94. The van der Waals surface area contributed by atoms with Crippen molar-refractivity contribution in [1.29, 1.82) is 0 Å². The third-order valence-corrected chi connectivity index (χ3v) is 20.1. The monoisotopic (exact) mass is 1680 g/mol. The average molecular weight is 1680 g/mol. The Bertz CT molecular complexity index is 2930. The first-order valence-corrected chi connectivity index (χ1v) is 43.6. The highest BCUT2D eigenvalue weighted by atomic mass is 16.8. The maximum Gasteiger partial charge on any atom is 0.508 e. The fraction of sp³-hybridized carbons (Fsp3) is 0.814. The summed E-state index contributed by atoms with van der Waals surface area (Å²) in [6.07, 6.45) is 19.3. The van der Waals surface area contributed by atoms with E-state index in [1.807, 2.05) is 41.5 Å². The summed E-state index contributed by atoms with van der Waals surface area (Å²) in [5.74, 6) is -0.888. The van der Waals surface area contributed by atoms with Crippen LogP contribution in [0, 0.1) is 0 Å². The van der Waals surface area contributed by atoms with Crippen molar-refractivity contribution in [3.8, 4) is 0 Å². The van der Waals surface area contributed by atoms with Crippen molar-refractivity contribution in [3.63, 3.8) is 0 Å². The predicted octanol–water partition coefficient (Wildman–Crippen LogP) is 17.7. The minimum absolute atomic E-state index is 0.0184.